The highest BCUT2D eigenvalue weighted by atomic mass is 15.3. The van der Waals surface area contributed by atoms with E-state index in [4.69, 9.17) is 5.84 Å². The summed E-state index contributed by atoms with van der Waals surface area (Å²) in [6.07, 6.45) is 0. The monoisotopic (exact) mass is 285 g/mol. The number of anilines is 3. The summed E-state index contributed by atoms with van der Waals surface area (Å²) in [7, 11) is 0. The van der Waals surface area contributed by atoms with Gasteiger partial charge in [0.2, 0.25) is 0 Å². The van der Waals surface area contributed by atoms with Crippen LogP contribution in [0.1, 0.15) is 50.9 Å². The van der Waals surface area contributed by atoms with E-state index in [2.05, 4.69) is 60.5 Å². The van der Waals surface area contributed by atoms with Gasteiger partial charge in [-0.05, 0) is 23.6 Å². The Morgan fingerprint density at radius 2 is 1.67 bits per heavy atom. The van der Waals surface area contributed by atoms with Crippen LogP contribution in [0.15, 0.2) is 30.3 Å². The molecule has 21 heavy (non-hydrogen) atoms. The van der Waals surface area contributed by atoms with Crippen molar-refractivity contribution in [1.29, 1.82) is 0 Å². The third-order valence-corrected chi connectivity index (χ3v) is 3.23. The molecule has 5 heteroatoms. The Labute approximate surface area is 126 Å². The molecule has 0 bridgehead atoms. The quantitative estimate of drug-likeness (QED) is 0.576. The first kappa shape index (κ1) is 15.3. The highest BCUT2D eigenvalue weighted by Crippen LogP contribution is 2.23. The molecule has 1 aromatic heterocycles. The zero-order chi connectivity index (χ0) is 15.4. The molecule has 2 aromatic rings. The fourth-order valence-corrected chi connectivity index (χ4v) is 1.99. The van der Waals surface area contributed by atoms with Crippen molar-refractivity contribution in [3.8, 4) is 0 Å². The van der Waals surface area contributed by atoms with Crippen LogP contribution in [0.25, 0.3) is 0 Å². The van der Waals surface area contributed by atoms with Crippen LogP contribution in [0.2, 0.25) is 0 Å². The number of hydrogen-bond donors (Lipinski definition) is 3. The summed E-state index contributed by atoms with van der Waals surface area (Å²) in [6, 6.07) is 10.1. The van der Waals surface area contributed by atoms with Gasteiger partial charge in [0.05, 0.1) is 0 Å². The second-order valence-corrected chi connectivity index (χ2v) is 5.70. The van der Waals surface area contributed by atoms with Crippen molar-refractivity contribution in [2.75, 3.05) is 10.7 Å². The number of nitrogens with two attached hydrogens (primary N) is 1. The third kappa shape index (κ3) is 3.92. The molecule has 0 spiro atoms. The molecular formula is C16H23N5. The molecule has 112 valence electrons. The third-order valence-electron chi connectivity index (χ3n) is 3.23. The minimum Gasteiger partial charge on any atom is -0.340 e. The average molecular weight is 285 g/mol. The standard InChI is InChI=1S/C16H23N5/c1-10(2)12-6-5-7-13(8-12)18-14-9-15(21-17)20-16(19-14)11(3)4/h5-11H,17H2,1-4H3,(H2,18,19,20,21). The van der Waals surface area contributed by atoms with E-state index in [1.807, 2.05) is 12.1 Å². The number of nitrogens with zero attached hydrogens (tertiary/aromatic N) is 2. The fourth-order valence-electron chi connectivity index (χ4n) is 1.99. The van der Waals surface area contributed by atoms with Gasteiger partial charge in [-0.15, -0.1) is 0 Å². The molecule has 1 heterocycles. The van der Waals surface area contributed by atoms with Gasteiger partial charge in [0.15, 0.2) is 0 Å². The maximum Gasteiger partial charge on any atom is 0.145 e. The lowest BCUT2D eigenvalue weighted by Gasteiger charge is -2.13. The van der Waals surface area contributed by atoms with Crippen molar-refractivity contribution < 1.29 is 0 Å². The van der Waals surface area contributed by atoms with Crippen LogP contribution in [-0.2, 0) is 0 Å². The van der Waals surface area contributed by atoms with Crippen LogP contribution in [-0.4, -0.2) is 9.97 Å². The number of aromatic nitrogens is 2. The number of nitrogen functional groups attached to an aromatic ring is 1. The van der Waals surface area contributed by atoms with Crippen molar-refractivity contribution in [3.05, 3.63) is 41.7 Å². The highest BCUT2D eigenvalue weighted by molar-refractivity contribution is 5.60. The lowest BCUT2D eigenvalue weighted by Crippen LogP contribution is -2.12. The van der Waals surface area contributed by atoms with Gasteiger partial charge >= 0.3 is 0 Å². The van der Waals surface area contributed by atoms with E-state index in [1.54, 1.807) is 6.07 Å². The molecule has 0 aliphatic carbocycles. The van der Waals surface area contributed by atoms with E-state index < -0.39 is 0 Å². The van der Waals surface area contributed by atoms with Crippen LogP contribution in [0.4, 0.5) is 17.3 Å². The van der Waals surface area contributed by atoms with Gasteiger partial charge in [0.1, 0.15) is 17.5 Å². The largest absolute Gasteiger partial charge is 0.340 e. The molecule has 0 amide bonds. The predicted octanol–water partition coefficient (Wildman–Crippen LogP) is 3.75. The number of benzene rings is 1. The van der Waals surface area contributed by atoms with Gasteiger partial charge in [-0.25, -0.2) is 15.8 Å². The molecule has 4 N–H and O–H groups in total. The van der Waals surface area contributed by atoms with Gasteiger partial charge in [0, 0.05) is 17.7 Å². The van der Waals surface area contributed by atoms with Gasteiger partial charge in [0.25, 0.3) is 0 Å². The average Bonchev–Trinajstić information content (AvgIpc) is 2.47. The molecule has 0 aliphatic heterocycles. The molecule has 0 unspecified atom stereocenters. The van der Waals surface area contributed by atoms with Crippen LogP contribution in [0, 0.1) is 0 Å². The Bertz CT molecular complexity index is 607. The first-order valence-electron chi connectivity index (χ1n) is 7.22. The van der Waals surface area contributed by atoms with E-state index in [-0.39, 0.29) is 5.92 Å². The van der Waals surface area contributed by atoms with Gasteiger partial charge in [-0.3, -0.25) is 0 Å². The van der Waals surface area contributed by atoms with E-state index >= 15 is 0 Å². The second kappa shape index (κ2) is 6.54. The fraction of sp³-hybridized carbons (Fsp3) is 0.375. The number of rotatable bonds is 5. The molecule has 0 atom stereocenters. The van der Waals surface area contributed by atoms with Crippen molar-refractivity contribution in [2.24, 2.45) is 5.84 Å². The zero-order valence-electron chi connectivity index (χ0n) is 13.0. The maximum absolute atomic E-state index is 5.48. The topological polar surface area (TPSA) is 75.9 Å². The highest BCUT2D eigenvalue weighted by Gasteiger charge is 2.08. The normalized spacial score (nSPS) is 11.0. The molecule has 0 radical (unpaired) electrons. The summed E-state index contributed by atoms with van der Waals surface area (Å²) >= 11 is 0. The lowest BCUT2D eigenvalue weighted by atomic mass is 10.0. The van der Waals surface area contributed by atoms with Crippen molar-refractivity contribution in [1.82, 2.24) is 9.97 Å². The zero-order valence-corrected chi connectivity index (χ0v) is 13.0. The summed E-state index contributed by atoms with van der Waals surface area (Å²) in [5.74, 6) is 8.31. The van der Waals surface area contributed by atoms with E-state index in [9.17, 15) is 0 Å². The number of hydrogen-bond acceptors (Lipinski definition) is 5. The summed E-state index contributed by atoms with van der Waals surface area (Å²) in [6.45, 7) is 8.46. The van der Waals surface area contributed by atoms with Crippen LogP contribution >= 0.6 is 0 Å². The second-order valence-electron chi connectivity index (χ2n) is 5.70. The molecule has 0 saturated heterocycles. The molecule has 0 aliphatic rings. The molecular weight excluding hydrogens is 262 g/mol. The SMILES string of the molecule is CC(C)c1cccc(Nc2cc(NN)nc(C(C)C)n2)c1. The van der Waals surface area contributed by atoms with Crippen molar-refractivity contribution in [2.45, 2.75) is 39.5 Å². The van der Waals surface area contributed by atoms with Gasteiger partial charge < -0.3 is 10.7 Å². The Morgan fingerprint density at radius 1 is 0.952 bits per heavy atom. The summed E-state index contributed by atoms with van der Waals surface area (Å²) in [5.41, 5.74) is 4.89. The van der Waals surface area contributed by atoms with Gasteiger partial charge in [-0.1, -0.05) is 39.8 Å². The van der Waals surface area contributed by atoms with Crippen LogP contribution < -0.4 is 16.6 Å². The Balaban J connectivity index is 2.30. The predicted molar refractivity (Wildman–Crippen MR) is 87.7 cm³/mol. The molecule has 0 fully saturated rings. The maximum atomic E-state index is 5.48. The van der Waals surface area contributed by atoms with Crippen LogP contribution in [0.3, 0.4) is 0 Å². The molecule has 1 aromatic carbocycles. The Hall–Kier alpha value is -2.14. The van der Waals surface area contributed by atoms with Crippen LogP contribution in [0.5, 0.6) is 0 Å². The van der Waals surface area contributed by atoms with E-state index in [1.165, 1.54) is 5.56 Å². The smallest absolute Gasteiger partial charge is 0.145 e. The summed E-state index contributed by atoms with van der Waals surface area (Å²) in [5, 5.41) is 3.32. The summed E-state index contributed by atoms with van der Waals surface area (Å²) < 4.78 is 0. The minimum absolute atomic E-state index is 0.237. The van der Waals surface area contributed by atoms with Crippen molar-refractivity contribution >= 4 is 17.3 Å². The molecule has 2 rings (SSSR count). The van der Waals surface area contributed by atoms with E-state index in [0.29, 0.717) is 11.7 Å². The number of hydrazine groups is 1. The Kier molecular flexibility index (Phi) is 4.75. The first-order valence-corrected chi connectivity index (χ1v) is 7.22. The number of nitrogens with one attached hydrogen (secondary N) is 2. The Morgan fingerprint density at radius 3 is 2.29 bits per heavy atom. The summed E-state index contributed by atoms with van der Waals surface area (Å²) in [4.78, 5) is 8.88. The van der Waals surface area contributed by atoms with E-state index in [0.717, 1.165) is 17.3 Å². The van der Waals surface area contributed by atoms with Crippen molar-refractivity contribution in [3.63, 3.8) is 0 Å². The molecule has 5 nitrogen and oxygen atoms in total. The lowest BCUT2D eigenvalue weighted by molar-refractivity contribution is 0.777. The van der Waals surface area contributed by atoms with Gasteiger partial charge in [-0.2, -0.15) is 0 Å². The minimum atomic E-state index is 0.237. The first-order chi connectivity index (χ1) is 9.99. The molecule has 0 saturated carbocycles.